The number of aryl methyl sites for hydroxylation is 1. The third-order valence-corrected chi connectivity index (χ3v) is 4.61. The SMILES string of the molecule is CCNC(=NCc1ccc(OC)cc1OC1CCCC1)NCc1noc(C)n1. The van der Waals surface area contributed by atoms with Gasteiger partial charge in [-0.3, -0.25) is 0 Å². The van der Waals surface area contributed by atoms with Gasteiger partial charge in [-0.05, 0) is 44.7 Å². The summed E-state index contributed by atoms with van der Waals surface area (Å²) in [6.07, 6.45) is 4.95. The van der Waals surface area contributed by atoms with Gasteiger partial charge in [0, 0.05) is 25.1 Å². The van der Waals surface area contributed by atoms with Crippen molar-refractivity contribution in [1.29, 1.82) is 0 Å². The van der Waals surface area contributed by atoms with Crippen LogP contribution in [0.15, 0.2) is 27.7 Å². The lowest BCUT2D eigenvalue weighted by atomic mass is 10.2. The number of nitrogens with zero attached hydrogens (tertiary/aromatic N) is 3. The molecule has 152 valence electrons. The molecule has 0 radical (unpaired) electrons. The molecule has 0 atom stereocenters. The van der Waals surface area contributed by atoms with E-state index in [2.05, 4.69) is 25.8 Å². The van der Waals surface area contributed by atoms with Gasteiger partial charge >= 0.3 is 0 Å². The molecule has 2 aromatic rings. The van der Waals surface area contributed by atoms with Gasteiger partial charge in [0.1, 0.15) is 11.5 Å². The summed E-state index contributed by atoms with van der Waals surface area (Å²) in [4.78, 5) is 8.88. The Kier molecular flexibility index (Phi) is 7.11. The van der Waals surface area contributed by atoms with E-state index in [9.17, 15) is 0 Å². The lowest BCUT2D eigenvalue weighted by Gasteiger charge is -2.17. The molecule has 1 fully saturated rings. The first-order valence-corrected chi connectivity index (χ1v) is 9.83. The monoisotopic (exact) mass is 387 g/mol. The minimum atomic E-state index is 0.280. The van der Waals surface area contributed by atoms with Crippen molar-refractivity contribution >= 4 is 5.96 Å². The maximum absolute atomic E-state index is 6.25. The zero-order valence-corrected chi connectivity index (χ0v) is 16.8. The Morgan fingerprint density at radius 3 is 2.79 bits per heavy atom. The summed E-state index contributed by atoms with van der Waals surface area (Å²) >= 11 is 0. The predicted molar refractivity (Wildman–Crippen MR) is 107 cm³/mol. The third kappa shape index (κ3) is 5.61. The molecule has 2 N–H and O–H groups in total. The van der Waals surface area contributed by atoms with Gasteiger partial charge in [0.05, 0.1) is 26.3 Å². The van der Waals surface area contributed by atoms with Crippen LogP contribution < -0.4 is 20.1 Å². The van der Waals surface area contributed by atoms with Crippen LogP contribution in [0.3, 0.4) is 0 Å². The minimum Gasteiger partial charge on any atom is -0.497 e. The molecule has 0 amide bonds. The van der Waals surface area contributed by atoms with E-state index in [1.807, 2.05) is 25.1 Å². The van der Waals surface area contributed by atoms with Gasteiger partial charge in [0.2, 0.25) is 5.89 Å². The Labute approximate surface area is 165 Å². The number of hydrogen-bond donors (Lipinski definition) is 2. The van der Waals surface area contributed by atoms with Gasteiger partial charge in [-0.2, -0.15) is 4.98 Å². The lowest BCUT2D eigenvalue weighted by molar-refractivity contribution is 0.207. The third-order valence-electron chi connectivity index (χ3n) is 4.61. The van der Waals surface area contributed by atoms with E-state index in [1.165, 1.54) is 12.8 Å². The van der Waals surface area contributed by atoms with Gasteiger partial charge in [-0.1, -0.05) is 5.16 Å². The smallest absolute Gasteiger partial charge is 0.223 e. The summed E-state index contributed by atoms with van der Waals surface area (Å²) in [7, 11) is 1.67. The normalized spacial score (nSPS) is 14.9. The van der Waals surface area contributed by atoms with E-state index in [4.69, 9.17) is 14.0 Å². The van der Waals surface area contributed by atoms with Gasteiger partial charge < -0.3 is 24.6 Å². The molecular formula is C20H29N5O3. The molecule has 0 spiro atoms. The molecule has 1 saturated carbocycles. The fraction of sp³-hybridized carbons (Fsp3) is 0.550. The van der Waals surface area contributed by atoms with Crippen LogP contribution in [-0.2, 0) is 13.1 Å². The van der Waals surface area contributed by atoms with Crippen molar-refractivity contribution in [3.8, 4) is 11.5 Å². The first-order valence-electron chi connectivity index (χ1n) is 9.83. The number of rotatable bonds is 8. The molecule has 28 heavy (non-hydrogen) atoms. The fourth-order valence-electron chi connectivity index (χ4n) is 3.17. The first-order chi connectivity index (χ1) is 13.7. The standard InChI is InChI=1S/C20H29N5O3/c1-4-21-20(23-13-19-24-14(2)28-25-19)22-12-15-9-10-17(26-3)11-18(15)27-16-7-5-6-8-16/h9-11,16H,4-8,12-13H2,1-3H3,(H2,21,22,23). The number of methoxy groups -OCH3 is 1. The molecule has 1 aromatic heterocycles. The van der Waals surface area contributed by atoms with E-state index in [0.29, 0.717) is 30.8 Å². The van der Waals surface area contributed by atoms with Crippen LogP contribution in [0.4, 0.5) is 0 Å². The highest BCUT2D eigenvalue weighted by atomic mass is 16.5. The molecule has 0 unspecified atom stereocenters. The molecule has 1 aliphatic carbocycles. The maximum Gasteiger partial charge on any atom is 0.223 e. The van der Waals surface area contributed by atoms with Crippen molar-refractivity contribution in [1.82, 2.24) is 20.8 Å². The van der Waals surface area contributed by atoms with E-state index >= 15 is 0 Å². The molecule has 1 heterocycles. The van der Waals surface area contributed by atoms with Crippen LogP contribution in [0.2, 0.25) is 0 Å². The number of aromatic nitrogens is 2. The van der Waals surface area contributed by atoms with E-state index in [-0.39, 0.29) is 6.10 Å². The number of aliphatic imine (C=N–C) groups is 1. The molecular weight excluding hydrogens is 358 g/mol. The summed E-state index contributed by atoms with van der Waals surface area (Å²) in [5.74, 6) is 3.47. The Hall–Kier alpha value is -2.77. The van der Waals surface area contributed by atoms with Crippen LogP contribution in [-0.4, -0.2) is 35.9 Å². The number of nitrogens with one attached hydrogen (secondary N) is 2. The van der Waals surface area contributed by atoms with E-state index in [0.717, 1.165) is 36.4 Å². The number of guanidine groups is 1. The highest BCUT2D eigenvalue weighted by Gasteiger charge is 2.18. The van der Waals surface area contributed by atoms with E-state index < -0.39 is 0 Å². The van der Waals surface area contributed by atoms with Crippen LogP contribution in [0.5, 0.6) is 11.5 Å². The quantitative estimate of drug-likeness (QED) is 0.531. The second-order valence-corrected chi connectivity index (χ2v) is 6.78. The van der Waals surface area contributed by atoms with Crippen molar-refractivity contribution in [2.75, 3.05) is 13.7 Å². The van der Waals surface area contributed by atoms with Crippen molar-refractivity contribution in [2.45, 2.75) is 58.7 Å². The van der Waals surface area contributed by atoms with Gasteiger partial charge in [0.25, 0.3) is 0 Å². The minimum absolute atomic E-state index is 0.280. The molecule has 0 bridgehead atoms. The summed E-state index contributed by atoms with van der Waals surface area (Å²) < 4.78 is 16.6. The van der Waals surface area contributed by atoms with Crippen LogP contribution in [0.25, 0.3) is 0 Å². The van der Waals surface area contributed by atoms with Crippen molar-refractivity contribution < 1.29 is 14.0 Å². The Balaban J connectivity index is 1.69. The first kappa shape index (κ1) is 20.0. The second-order valence-electron chi connectivity index (χ2n) is 6.78. The number of benzene rings is 1. The second kappa shape index (κ2) is 9.96. The maximum atomic E-state index is 6.25. The molecule has 1 aromatic carbocycles. The number of hydrogen-bond acceptors (Lipinski definition) is 6. The average molecular weight is 387 g/mol. The summed E-state index contributed by atoms with van der Waals surface area (Å²) in [5, 5.41) is 10.3. The van der Waals surface area contributed by atoms with Crippen molar-refractivity contribution in [3.05, 3.63) is 35.5 Å². The zero-order valence-electron chi connectivity index (χ0n) is 16.8. The van der Waals surface area contributed by atoms with Crippen LogP contribution in [0.1, 0.15) is 49.9 Å². The highest BCUT2D eigenvalue weighted by molar-refractivity contribution is 5.79. The molecule has 0 saturated heterocycles. The van der Waals surface area contributed by atoms with Gasteiger partial charge in [-0.15, -0.1) is 0 Å². The summed E-state index contributed by atoms with van der Waals surface area (Å²) in [6, 6.07) is 5.90. The summed E-state index contributed by atoms with van der Waals surface area (Å²) in [6.45, 7) is 5.48. The zero-order chi connectivity index (χ0) is 19.8. The topological polar surface area (TPSA) is 93.8 Å². The van der Waals surface area contributed by atoms with Crippen LogP contribution in [0, 0.1) is 6.92 Å². The highest BCUT2D eigenvalue weighted by Crippen LogP contribution is 2.30. The Bertz CT molecular complexity index is 784. The van der Waals surface area contributed by atoms with E-state index in [1.54, 1.807) is 14.0 Å². The summed E-state index contributed by atoms with van der Waals surface area (Å²) in [5.41, 5.74) is 1.03. The largest absolute Gasteiger partial charge is 0.497 e. The molecule has 3 rings (SSSR count). The van der Waals surface area contributed by atoms with Crippen molar-refractivity contribution in [2.24, 2.45) is 4.99 Å². The van der Waals surface area contributed by atoms with Gasteiger partial charge in [-0.25, -0.2) is 4.99 Å². The van der Waals surface area contributed by atoms with Gasteiger partial charge in [0.15, 0.2) is 11.8 Å². The molecule has 1 aliphatic rings. The molecule has 8 heteroatoms. The predicted octanol–water partition coefficient (Wildman–Crippen LogP) is 2.96. The fourth-order valence-corrected chi connectivity index (χ4v) is 3.17. The average Bonchev–Trinajstić information content (AvgIpc) is 3.36. The Morgan fingerprint density at radius 2 is 2.11 bits per heavy atom. The molecule has 8 nitrogen and oxygen atoms in total. The lowest BCUT2D eigenvalue weighted by Crippen LogP contribution is -2.37. The number of ether oxygens (including phenoxy) is 2. The molecule has 0 aliphatic heterocycles. The van der Waals surface area contributed by atoms with Crippen molar-refractivity contribution in [3.63, 3.8) is 0 Å². The Morgan fingerprint density at radius 1 is 1.29 bits per heavy atom. The van der Waals surface area contributed by atoms with Crippen LogP contribution >= 0.6 is 0 Å².